The van der Waals surface area contributed by atoms with Crippen LogP contribution in [0.25, 0.3) is 6.08 Å². The predicted octanol–water partition coefficient (Wildman–Crippen LogP) is 3.37. The molecule has 0 aromatic heterocycles. The summed E-state index contributed by atoms with van der Waals surface area (Å²) >= 11 is 3.22. The molecule has 0 saturated carbocycles. The predicted molar refractivity (Wildman–Crippen MR) is 95.0 cm³/mol. The molecule has 0 heterocycles. The van der Waals surface area contributed by atoms with Gasteiger partial charge in [-0.25, -0.2) is 8.42 Å². The lowest BCUT2D eigenvalue weighted by Crippen LogP contribution is -2.14. The molecule has 128 valence electrons. The first-order valence-corrected chi connectivity index (χ1v) is 8.88. The topological polar surface area (TPSA) is 133 Å². The quantitative estimate of drug-likeness (QED) is 0.430. The minimum Gasteiger partial charge on any atom is -0.502 e. The van der Waals surface area contributed by atoms with Crippen molar-refractivity contribution in [3.63, 3.8) is 0 Å². The number of benzene rings is 2. The van der Waals surface area contributed by atoms with Gasteiger partial charge in [0.05, 0.1) is 4.92 Å². The summed E-state index contributed by atoms with van der Waals surface area (Å²) in [4.78, 5) is 9.38. The van der Waals surface area contributed by atoms with Gasteiger partial charge in [0.15, 0.2) is 10.7 Å². The SMILES string of the molecule is N#C/C(=C/c1ccc(O)c([N+](=O)[O-])c1)S(=O)(=O)Nc1ccc(Br)cc1. The summed E-state index contributed by atoms with van der Waals surface area (Å²) < 4.78 is 27.6. The number of rotatable bonds is 5. The summed E-state index contributed by atoms with van der Waals surface area (Å²) in [5, 5.41) is 29.4. The maximum absolute atomic E-state index is 12.3. The van der Waals surface area contributed by atoms with E-state index in [9.17, 15) is 23.6 Å². The zero-order valence-electron chi connectivity index (χ0n) is 12.4. The lowest BCUT2D eigenvalue weighted by atomic mass is 10.2. The molecule has 2 N–H and O–H groups in total. The number of hydrogen-bond acceptors (Lipinski definition) is 6. The first-order valence-electron chi connectivity index (χ1n) is 6.60. The van der Waals surface area contributed by atoms with Crippen LogP contribution in [0.3, 0.4) is 0 Å². The molecule has 0 aliphatic heterocycles. The first-order chi connectivity index (χ1) is 11.7. The number of hydrogen-bond donors (Lipinski definition) is 2. The average molecular weight is 424 g/mol. The molecule has 0 saturated heterocycles. The maximum atomic E-state index is 12.3. The summed E-state index contributed by atoms with van der Waals surface area (Å²) in [5.41, 5.74) is -0.257. The molecular formula is C15H10BrN3O5S. The van der Waals surface area contributed by atoms with Crippen LogP contribution >= 0.6 is 15.9 Å². The van der Waals surface area contributed by atoms with Crippen LogP contribution in [0.1, 0.15) is 5.56 Å². The van der Waals surface area contributed by atoms with E-state index in [1.165, 1.54) is 18.2 Å². The van der Waals surface area contributed by atoms with E-state index in [-0.39, 0.29) is 11.3 Å². The monoisotopic (exact) mass is 423 g/mol. The number of nitrogens with zero attached hydrogens (tertiary/aromatic N) is 2. The number of sulfonamides is 1. The van der Waals surface area contributed by atoms with Gasteiger partial charge in [-0.1, -0.05) is 22.0 Å². The minimum atomic E-state index is -4.18. The highest BCUT2D eigenvalue weighted by molar-refractivity contribution is 9.10. The van der Waals surface area contributed by atoms with E-state index in [4.69, 9.17) is 5.26 Å². The second-order valence-electron chi connectivity index (χ2n) is 4.74. The zero-order valence-corrected chi connectivity index (χ0v) is 14.8. The lowest BCUT2D eigenvalue weighted by molar-refractivity contribution is -0.385. The van der Waals surface area contributed by atoms with Crippen LogP contribution in [0.5, 0.6) is 5.75 Å². The van der Waals surface area contributed by atoms with Crippen molar-refractivity contribution in [2.24, 2.45) is 0 Å². The highest BCUT2D eigenvalue weighted by atomic mass is 79.9. The van der Waals surface area contributed by atoms with E-state index >= 15 is 0 Å². The van der Waals surface area contributed by atoms with Crippen LogP contribution in [0, 0.1) is 21.4 Å². The molecule has 0 fully saturated rings. The third-order valence-electron chi connectivity index (χ3n) is 2.99. The fourth-order valence-corrected chi connectivity index (χ4v) is 3.06. The summed E-state index contributed by atoms with van der Waals surface area (Å²) in [7, 11) is -4.18. The van der Waals surface area contributed by atoms with Gasteiger partial charge >= 0.3 is 5.69 Å². The number of halogens is 1. The van der Waals surface area contributed by atoms with Crippen LogP contribution in [0.2, 0.25) is 0 Å². The molecule has 0 amide bonds. The van der Waals surface area contributed by atoms with Crippen LogP contribution in [0.15, 0.2) is 51.8 Å². The molecule has 8 nitrogen and oxygen atoms in total. The molecule has 0 aliphatic rings. The first kappa shape index (κ1) is 18.4. The van der Waals surface area contributed by atoms with E-state index in [0.717, 1.165) is 22.7 Å². The fraction of sp³-hybridized carbons (Fsp3) is 0. The number of nitrogens with one attached hydrogen (secondary N) is 1. The van der Waals surface area contributed by atoms with E-state index in [2.05, 4.69) is 20.7 Å². The zero-order chi connectivity index (χ0) is 18.6. The van der Waals surface area contributed by atoms with Crippen molar-refractivity contribution >= 4 is 43.4 Å². The summed E-state index contributed by atoms with van der Waals surface area (Å²) in [6, 6.07) is 11.1. The van der Waals surface area contributed by atoms with E-state index < -0.39 is 31.3 Å². The van der Waals surface area contributed by atoms with Gasteiger partial charge in [0.2, 0.25) is 0 Å². The van der Waals surface area contributed by atoms with Gasteiger partial charge in [-0.2, -0.15) is 5.26 Å². The van der Waals surface area contributed by atoms with Crippen molar-refractivity contribution < 1.29 is 18.4 Å². The van der Waals surface area contributed by atoms with Gasteiger partial charge in [0.1, 0.15) is 6.07 Å². The summed E-state index contributed by atoms with van der Waals surface area (Å²) in [6.45, 7) is 0. The Hall–Kier alpha value is -2.90. The van der Waals surface area contributed by atoms with Crippen LogP contribution in [-0.4, -0.2) is 18.4 Å². The molecule has 2 aromatic carbocycles. The third kappa shape index (κ3) is 4.56. The van der Waals surface area contributed by atoms with Crippen molar-refractivity contribution in [3.8, 4) is 11.8 Å². The van der Waals surface area contributed by atoms with Crippen molar-refractivity contribution in [3.05, 3.63) is 67.5 Å². The second kappa shape index (κ2) is 7.33. The molecule has 2 rings (SSSR count). The van der Waals surface area contributed by atoms with Crippen molar-refractivity contribution in [2.45, 2.75) is 0 Å². The van der Waals surface area contributed by atoms with Crippen LogP contribution < -0.4 is 4.72 Å². The standard InChI is InChI=1S/C15H10BrN3O5S/c16-11-2-4-12(5-3-11)18-25(23,24)13(9-17)7-10-1-6-15(20)14(8-10)19(21)22/h1-8,18,20H/b13-7-. The molecule has 0 atom stereocenters. The maximum Gasteiger partial charge on any atom is 0.311 e. The van der Waals surface area contributed by atoms with Gasteiger partial charge in [-0.3, -0.25) is 14.8 Å². The lowest BCUT2D eigenvalue weighted by Gasteiger charge is -2.07. The Morgan fingerprint density at radius 2 is 1.92 bits per heavy atom. The van der Waals surface area contributed by atoms with Gasteiger partial charge in [-0.05, 0) is 42.0 Å². The third-order valence-corrected chi connectivity index (χ3v) is 4.81. The minimum absolute atomic E-state index is 0.0854. The number of nitro groups is 1. The molecule has 0 bridgehead atoms. The van der Waals surface area contributed by atoms with Gasteiger partial charge in [-0.15, -0.1) is 0 Å². The van der Waals surface area contributed by atoms with E-state index in [1.807, 2.05) is 0 Å². The number of nitro benzene ring substituents is 1. The molecule has 2 aromatic rings. The van der Waals surface area contributed by atoms with E-state index in [1.54, 1.807) is 18.2 Å². The second-order valence-corrected chi connectivity index (χ2v) is 7.30. The van der Waals surface area contributed by atoms with Gasteiger partial charge < -0.3 is 5.11 Å². The Kier molecular flexibility index (Phi) is 5.41. The number of nitriles is 1. The smallest absolute Gasteiger partial charge is 0.311 e. The van der Waals surface area contributed by atoms with Crippen molar-refractivity contribution in [2.75, 3.05) is 4.72 Å². The Balaban J connectivity index is 2.39. The molecular weight excluding hydrogens is 414 g/mol. The summed E-state index contributed by atoms with van der Waals surface area (Å²) in [6.07, 6.45) is 0.980. The van der Waals surface area contributed by atoms with Crippen molar-refractivity contribution in [1.29, 1.82) is 5.26 Å². The van der Waals surface area contributed by atoms with Gasteiger partial charge in [0.25, 0.3) is 10.0 Å². The normalized spacial score (nSPS) is 11.6. The summed E-state index contributed by atoms with van der Waals surface area (Å²) in [5.74, 6) is -0.559. The number of aromatic hydroxyl groups is 1. The number of anilines is 1. The Bertz CT molecular complexity index is 995. The number of phenols is 1. The van der Waals surface area contributed by atoms with E-state index in [0.29, 0.717) is 0 Å². The van der Waals surface area contributed by atoms with Crippen LogP contribution in [0.4, 0.5) is 11.4 Å². The number of phenolic OH excluding ortho intramolecular Hbond substituents is 1. The molecule has 0 aliphatic carbocycles. The largest absolute Gasteiger partial charge is 0.502 e. The van der Waals surface area contributed by atoms with Crippen molar-refractivity contribution in [1.82, 2.24) is 0 Å². The average Bonchev–Trinajstić information content (AvgIpc) is 2.55. The van der Waals surface area contributed by atoms with Gasteiger partial charge in [0, 0.05) is 16.2 Å². The number of allylic oxidation sites excluding steroid dienone is 1. The Morgan fingerprint density at radius 1 is 1.28 bits per heavy atom. The Morgan fingerprint density at radius 3 is 2.48 bits per heavy atom. The molecule has 0 radical (unpaired) electrons. The molecule has 0 spiro atoms. The highest BCUT2D eigenvalue weighted by Crippen LogP contribution is 2.28. The molecule has 10 heteroatoms. The van der Waals surface area contributed by atoms with Crippen LogP contribution in [-0.2, 0) is 10.0 Å². The molecule has 0 unspecified atom stereocenters. The Labute approximate surface area is 151 Å². The highest BCUT2D eigenvalue weighted by Gasteiger charge is 2.19. The fourth-order valence-electron chi connectivity index (χ4n) is 1.83. The molecule has 25 heavy (non-hydrogen) atoms.